The number of hydrogen-bond donors (Lipinski definition) is 2. The molecule has 0 aliphatic heterocycles. The van der Waals surface area contributed by atoms with Crippen molar-refractivity contribution in [3.63, 3.8) is 0 Å². The fraction of sp³-hybridized carbons (Fsp3) is 0.550. The number of carbonyl (C=O) groups excluding carboxylic acids is 3. The molecular weight excluding hydrogens is 396 g/mol. The second-order valence-corrected chi connectivity index (χ2v) is 9.00. The van der Waals surface area contributed by atoms with Gasteiger partial charge >= 0.3 is 5.97 Å². The summed E-state index contributed by atoms with van der Waals surface area (Å²) in [6.45, 7) is 2.24. The number of esters is 1. The number of hydrogen-bond acceptors (Lipinski definition) is 6. The first-order valence-corrected chi connectivity index (χ1v) is 11.3. The molecule has 2 rings (SSSR count). The second-order valence-electron chi connectivity index (χ2n) is 7.23. The Balaban J connectivity index is 1.82. The smallest absolute Gasteiger partial charge is 0.321 e. The van der Waals surface area contributed by atoms with E-state index in [1.807, 2.05) is 0 Å². The molecule has 29 heavy (non-hydrogen) atoms. The molecule has 0 heterocycles. The molecule has 2 N–H and O–H groups in total. The lowest BCUT2D eigenvalue weighted by Crippen LogP contribution is -2.43. The summed E-state index contributed by atoms with van der Waals surface area (Å²) in [4.78, 5) is 35.4. The summed E-state index contributed by atoms with van der Waals surface area (Å²) in [5, 5.41) is 2.89. The molecule has 1 aromatic carbocycles. The third-order valence-electron chi connectivity index (χ3n) is 4.86. The highest BCUT2D eigenvalue weighted by atomic mass is 32.2. The zero-order valence-corrected chi connectivity index (χ0v) is 17.6. The summed E-state index contributed by atoms with van der Waals surface area (Å²) in [5.74, 6) is -1.41. The van der Waals surface area contributed by atoms with Gasteiger partial charge in [0.05, 0.1) is 4.90 Å². The van der Waals surface area contributed by atoms with Gasteiger partial charge < -0.3 is 10.1 Å². The third-order valence-corrected chi connectivity index (χ3v) is 6.27. The quantitative estimate of drug-likeness (QED) is 0.374. The zero-order valence-electron chi connectivity index (χ0n) is 16.8. The number of rotatable bonds is 8. The van der Waals surface area contributed by atoms with Crippen LogP contribution < -0.4 is 10.0 Å². The normalized spacial score (nSPS) is 16.5. The molecule has 1 aromatic rings. The summed E-state index contributed by atoms with van der Waals surface area (Å²) >= 11 is 0. The number of amides is 1. The minimum Gasteiger partial charge on any atom is -0.452 e. The molecule has 1 aliphatic rings. The topological polar surface area (TPSA) is 119 Å². The van der Waals surface area contributed by atoms with Crippen LogP contribution in [0.5, 0.6) is 0 Å². The van der Waals surface area contributed by atoms with E-state index in [2.05, 4.69) is 10.0 Å². The first-order chi connectivity index (χ1) is 13.7. The first-order valence-electron chi connectivity index (χ1n) is 9.79. The lowest BCUT2D eigenvalue weighted by Gasteiger charge is -2.19. The number of nitrogens with one attached hydrogen (secondary N) is 2. The van der Waals surface area contributed by atoms with Crippen molar-refractivity contribution in [1.29, 1.82) is 0 Å². The van der Waals surface area contributed by atoms with Gasteiger partial charge in [-0.05, 0) is 38.8 Å². The summed E-state index contributed by atoms with van der Waals surface area (Å²) in [7, 11) is -3.94. The van der Waals surface area contributed by atoms with Crippen molar-refractivity contribution in [2.45, 2.75) is 69.4 Å². The second kappa shape index (κ2) is 10.5. The van der Waals surface area contributed by atoms with Crippen LogP contribution in [0.1, 0.15) is 62.7 Å². The maximum Gasteiger partial charge on any atom is 0.321 e. The summed E-state index contributed by atoms with van der Waals surface area (Å²) in [6, 6.07) is 5.45. The lowest BCUT2D eigenvalue weighted by atomic mass is 10.1. The van der Waals surface area contributed by atoms with Gasteiger partial charge in [-0.3, -0.25) is 14.4 Å². The fourth-order valence-electron chi connectivity index (χ4n) is 3.14. The van der Waals surface area contributed by atoms with Crippen LogP contribution in [0.2, 0.25) is 0 Å². The van der Waals surface area contributed by atoms with Gasteiger partial charge in [0, 0.05) is 11.6 Å². The lowest BCUT2D eigenvalue weighted by molar-refractivity contribution is -0.153. The third kappa shape index (κ3) is 7.25. The van der Waals surface area contributed by atoms with Gasteiger partial charge in [0.2, 0.25) is 10.0 Å². The van der Waals surface area contributed by atoms with E-state index in [1.165, 1.54) is 38.1 Å². The van der Waals surface area contributed by atoms with Crippen LogP contribution in [-0.4, -0.2) is 44.8 Å². The maximum absolute atomic E-state index is 12.2. The predicted molar refractivity (Wildman–Crippen MR) is 107 cm³/mol. The van der Waals surface area contributed by atoms with Crippen LogP contribution in [0, 0.1) is 0 Å². The zero-order chi connectivity index (χ0) is 21.4. The van der Waals surface area contributed by atoms with Crippen LogP contribution >= 0.6 is 0 Å². The van der Waals surface area contributed by atoms with Crippen molar-refractivity contribution in [2.75, 3.05) is 6.54 Å². The van der Waals surface area contributed by atoms with Gasteiger partial charge in [0.25, 0.3) is 5.91 Å². The molecular formula is C20H28N2O6S. The van der Waals surface area contributed by atoms with Gasteiger partial charge in [-0.1, -0.05) is 37.8 Å². The summed E-state index contributed by atoms with van der Waals surface area (Å²) in [5.41, 5.74) is 0.386. The van der Waals surface area contributed by atoms with E-state index in [0.29, 0.717) is 5.56 Å². The molecule has 9 heteroatoms. The van der Waals surface area contributed by atoms with Gasteiger partial charge in [-0.2, -0.15) is 4.72 Å². The Morgan fingerprint density at radius 3 is 2.21 bits per heavy atom. The van der Waals surface area contributed by atoms with Crippen LogP contribution in [0.3, 0.4) is 0 Å². The van der Waals surface area contributed by atoms with E-state index in [0.717, 1.165) is 38.5 Å². The monoisotopic (exact) mass is 424 g/mol. The van der Waals surface area contributed by atoms with Crippen molar-refractivity contribution in [3.05, 3.63) is 29.8 Å². The van der Waals surface area contributed by atoms with Crippen molar-refractivity contribution in [2.24, 2.45) is 0 Å². The Labute approximate surface area is 171 Å². The standard InChI is InChI=1S/C20H28N2O6S/c1-14(23)16-9-11-18(12-10-16)29(26,27)21-13-19(24)28-15(2)20(25)22-17-7-5-3-4-6-8-17/h9-12,15,17,21H,3-8,13H2,1-2H3,(H,22,25)/t15-/m0/s1. The molecule has 1 amide bonds. The Kier molecular flexibility index (Phi) is 8.33. The molecule has 0 aromatic heterocycles. The molecule has 1 saturated carbocycles. The van der Waals surface area contributed by atoms with Crippen molar-refractivity contribution >= 4 is 27.7 Å². The SMILES string of the molecule is CC(=O)c1ccc(S(=O)(=O)NCC(=O)O[C@@H](C)C(=O)NC2CCCCCC2)cc1. The number of ketones is 1. The molecule has 0 bridgehead atoms. The predicted octanol–water partition coefficient (Wildman–Crippen LogP) is 1.94. The van der Waals surface area contributed by atoms with Crippen LogP contribution in [0.4, 0.5) is 0 Å². The van der Waals surface area contributed by atoms with Gasteiger partial charge in [0.15, 0.2) is 11.9 Å². The maximum atomic E-state index is 12.2. The highest BCUT2D eigenvalue weighted by Crippen LogP contribution is 2.17. The first kappa shape index (κ1) is 23.0. The largest absolute Gasteiger partial charge is 0.452 e. The van der Waals surface area contributed by atoms with Crippen LogP contribution in [0.15, 0.2) is 29.2 Å². The van der Waals surface area contributed by atoms with E-state index in [1.54, 1.807) is 0 Å². The molecule has 0 unspecified atom stereocenters. The Hall–Kier alpha value is -2.26. The molecule has 1 atom stereocenters. The molecule has 160 valence electrons. The van der Waals surface area contributed by atoms with Crippen molar-refractivity contribution < 1.29 is 27.5 Å². The molecule has 0 radical (unpaired) electrons. The van der Waals surface area contributed by atoms with E-state index in [9.17, 15) is 22.8 Å². The highest BCUT2D eigenvalue weighted by molar-refractivity contribution is 7.89. The molecule has 1 fully saturated rings. The summed E-state index contributed by atoms with van der Waals surface area (Å²) in [6.07, 6.45) is 5.26. The van der Waals surface area contributed by atoms with E-state index >= 15 is 0 Å². The molecule has 8 nitrogen and oxygen atoms in total. The fourth-order valence-corrected chi connectivity index (χ4v) is 4.11. The van der Waals surface area contributed by atoms with E-state index in [-0.39, 0.29) is 22.6 Å². The number of sulfonamides is 1. The molecule has 0 saturated heterocycles. The van der Waals surface area contributed by atoms with Crippen molar-refractivity contribution in [3.8, 4) is 0 Å². The Morgan fingerprint density at radius 1 is 1.07 bits per heavy atom. The molecule has 1 aliphatic carbocycles. The average Bonchev–Trinajstić information content (AvgIpc) is 2.95. The van der Waals surface area contributed by atoms with E-state index < -0.39 is 28.6 Å². The number of Topliss-reactive ketones (excluding diaryl/α,β-unsaturated/α-hetero) is 1. The molecule has 0 spiro atoms. The number of benzene rings is 1. The van der Waals surface area contributed by atoms with Gasteiger partial charge in [-0.25, -0.2) is 8.42 Å². The van der Waals surface area contributed by atoms with Crippen molar-refractivity contribution in [1.82, 2.24) is 10.0 Å². The minimum atomic E-state index is -3.94. The van der Waals surface area contributed by atoms with Gasteiger partial charge in [-0.15, -0.1) is 0 Å². The van der Waals surface area contributed by atoms with Crippen LogP contribution in [-0.2, 0) is 24.3 Å². The minimum absolute atomic E-state index is 0.0746. The highest BCUT2D eigenvalue weighted by Gasteiger charge is 2.23. The number of ether oxygens (including phenoxy) is 1. The Morgan fingerprint density at radius 2 is 1.66 bits per heavy atom. The number of carbonyl (C=O) groups is 3. The van der Waals surface area contributed by atoms with Crippen LogP contribution in [0.25, 0.3) is 0 Å². The Bertz CT molecular complexity index is 827. The summed E-state index contributed by atoms with van der Waals surface area (Å²) < 4.78 is 31.7. The average molecular weight is 425 g/mol. The van der Waals surface area contributed by atoms with E-state index in [4.69, 9.17) is 4.74 Å². The van der Waals surface area contributed by atoms with Gasteiger partial charge in [0.1, 0.15) is 6.54 Å².